The molecule has 2 nitrogen and oxygen atoms in total. The standard InChI is InChI=1S/C8H17NO/c1-7(10-2)8-4-3-5-9-6-8/h7-9H,3-6H2,1-2H3/t7-,8-/m0/s1. The van der Waals surface area contributed by atoms with Gasteiger partial charge in [0.15, 0.2) is 0 Å². The van der Waals surface area contributed by atoms with E-state index >= 15 is 0 Å². The Morgan fingerprint density at radius 3 is 2.90 bits per heavy atom. The van der Waals surface area contributed by atoms with Crippen LogP contribution in [-0.4, -0.2) is 26.3 Å². The average Bonchev–Trinajstić information content (AvgIpc) is 2.05. The van der Waals surface area contributed by atoms with Crippen LogP contribution in [0.5, 0.6) is 0 Å². The number of hydrogen-bond donors (Lipinski definition) is 1. The maximum Gasteiger partial charge on any atom is 0.0583 e. The van der Waals surface area contributed by atoms with E-state index in [4.69, 9.17) is 4.74 Å². The lowest BCUT2D eigenvalue weighted by atomic mass is 9.95. The van der Waals surface area contributed by atoms with Gasteiger partial charge in [-0.05, 0) is 32.2 Å². The summed E-state index contributed by atoms with van der Waals surface area (Å²) in [5.74, 6) is 0.735. The molecule has 0 aromatic heterocycles. The first-order valence-corrected chi connectivity index (χ1v) is 4.08. The fourth-order valence-corrected chi connectivity index (χ4v) is 1.47. The summed E-state index contributed by atoms with van der Waals surface area (Å²) in [6.07, 6.45) is 3.05. The zero-order valence-electron chi connectivity index (χ0n) is 6.89. The summed E-state index contributed by atoms with van der Waals surface area (Å²) in [7, 11) is 1.79. The van der Waals surface area contributed by atoms with E-state index in [9.17, 15) is 0 Å². The molecule has 0 amide bonds. The maximum absolute atomic E-state index is 5.25. The van der Waals surface area contributed by atoms with Crippen LogP contribution in [0.3, 0.4) is 0 Å². The molecule has 2 atom stereocenters. The Bertz CT molecular complexity index is 89.3. The molecular weight excluding hydrogens is 126 g/mol. The largest absolute Gasteiger partial charge is 0.381 e. The zero-order valence-corrected chi connectivity index (χ0v) is 6.89. The highest BCUT2D eigenvalue weighted by molar-refractivity contribution is 4.73. The van der Waals surface area contributed by atoms with Crippen molar-refractivity contribution in [3.8, 4) is 0 Å². The van der Waals surface area contributed by atoms with E-state index in [2.05, 4.69) is 12.2 Å². The first-order chi connectivity index (χ1) is 4.84. The molecule has 0 saturated carbocycles. The molecule has 0 aromatic rings. The van der Waals surface area contributed by atoms with Crippen LogP contribution in [0.15, 0.2) is 0 Å². The predicted molar refractivity (Wildman–Crippen MR) is 42.1 cm³/mol. The number of nitrogens with one attached hydrogen (secondary N) is 1. The van der Waals surface area contributed by atoms with Gasteiger partial charge in [-0.1, -0.05) is 0 Å². The topological polar surface area (TPSA) is 21.3 Å². The summed E-state index contributed by atoms with van der Waals surface area (Å²) in [5, 5.41) is 3.37. The van der Waals surface area contributed by atoms with Crippen molar-refractivity contribution in [1.29, 1.82) is 0 Å². The second kappa shape index (κ2) is 3.94. The second-order valence-electron chi connectivity index (χ2n) is 3.05. The van der Waals surface area contributed by atoms with Crippen LogP contribution in [-0.2, 0) is 4.74 Å². The summed E-state index contributed by atoms with van der Waals surface area (Å²) in [6.45, 7) is 4.47. The van der Waals surface area contributed by atoms with Gasteiger partial charge in [-0.2, -0.15) is 0 Å². The van der Waals surface area contributed by atoms with Crippen LogP contribution in [0.4, 0.5) is 0 Å². The summed E-state index contributed by atoms with van der Waals surface area (Å²) in [5.41, 5.74) is 0. The first kappa shape index (κ1) is 8.02. The van der Waals surface area contributed by atoms with Gasteiger partial charge in [0.05, 0.1) is 6.10 Å². The van der Waals surface area contributed by atoms with E-state index < -0.39 is 0 Å². The predicted octanol–water partition coefficient (Wildman–Crippen LogP) is 1.02. The molecule has 0 aliphatic carbocycles. The summed E-state index contributed by atoms with van der Waals surface area (Å²) < 4.78 is 5.25. The van der Waals surface area contributed by atoms with E-state index in [-0.39, 0.29) is 0 Å². The van der Waals surface area contributed by atoms with Crippen LogP contribution in [0, 0.1) is 5.92 Å². The van der Waals surface area contributed by atoms with Crippen molar-refractivity contribution in [3.63, 3.8) is 0 Å². The fourth-order valence-electron chi connectivity index (χ4n) is 1.47. The number of ether oxygens (including phenoxy) is 1. The molecule has 0 radical (unpaired) electrons. The van der Waals surface area contributed by atoms with Crippen LogP contribution >= 0.6 is 0 Å². The highest BCUT2D eigenvalue weighted by atomic mass is 16.5. The minimum Gasteiger partial charge on any atom is -0.381 e. The van der Waals surface area contributed by atoms with E-state index in [1.54, 1.807) is 7.11 Å². The maximum atomic E-state index is 5.25. The van der Waals surface area contributed by atoms with Crippen molar-refractivity contribution < 1.29 is 4.74 Å². The minimum absolute atomic E-state index is 0.424. The van der Waals surface area contributed by atoms with Crippen LogP contribution in [0.1, 0.15) is 19.8 Å². The molecule has 1 saturated heterocycles. The highest BCUT2D eigenvalue weighted by Crippen LogP contribution is 2.15. The quantitative estimate of drug-likeness (QED) is 0.623. The Morgan fingerprint density at radius 1 is 1.60 bits per heavy atom. The summed E-state index contributed by atoms with van der Waals surface area (Å²) in [4.78, 5) is 0. The van der Waals surface area contributed by atoms with Crippen molar-refractivity contribution in [2.45, 2.75) is 25.9 Å². The molecule has 0 aromatic carbocycles. The Labute approximate surface area is 63.0 Å². The SMILES string of the molecule is CO[C@@H](C)[C@H]1CCCNC1. The van der Waals surface area contributed by atoms with Crippen molar-refractivity contribution in [3.05, 3.63) is 0 Å². The number of hydrogen-bond acceptors (Lipinski definition) is 2. The van der Waals surface area contributed by atoms with Crippen LogP contribution in [0.25, 0.3) is 0 Å². The average molecular weight is 143 g/mol. The number of piperidine rings is 1. The Morgan fingerprint density at radius 2 is 2.40 bits per heavy atom. The van der Waals surface area contributed by atoms with E-state index in [0.29, 0.717) is 6.10 Å². The minimum atomic E-state index is 0.424. The van der Waals surface area contributed by atoms with Gasteiger partial charge in [-0.3, -0.25) is 0 Å². The number of methoxy groups -OCH3 is 1. The van der Waals surface area contributed by atoms with Crippen LogP contribution < -0.4 is 5.32 Å². The molecule has 0 bridgehead atoms. The van der Waals surface area contributed by atoms with Gasteiger partial charge in [0.2, 0.25) is 0 Å². The lowest BCUT2D eigenvalue weighted by Gasteiger charge is -2.27. The van der Waals surface area contributed by atoms with Gasteiger partial charge in [-0.25, -0.2) is 0 Å². The van der Waals surface area contributed by atoms with Gasteiger partial charge in [0.1, 0.15) is 0 Å². The van der Waals surface area contributed by atoms with Crippen molar-refractivity contribution in [2.75, 3.05) is 20.2 Å². The van der Waals surface area contributed by atoms with Crippen molar-refractivity contribution in [1.82, 2.24) is 5.32 Å². The van der Waals surface area contributed by atoms with Gasteiger partial charge in [-0.15, -0.1) is 0 Å². The molecule has 1 fully saturated rings. The third kappa shape index (κ3) is 1.96. The van der Waals surface area contributed by atoms with Crippen molar-refractivity contribution in [2.24, 2.45) is 5.92 Å². The lowest BCUT2D eigenvalue weighted by molar-refractivity contribution is 0.0562. The summed E-state index contributed by atoms with van der Waals surface area (Å²) >= 11 is 0. The second-order valence-corrected chi connectivity index (χ2v) is 3.05. The van der Waals surface area contributed by atoms with Gasteiger partial charge in [0, 0.05) is 13.7 Å². The Kier molecular flexibility index (Phi) is 3.16. The van der Waals surface area contributed by atoms with Crippen LogP contribution in [0.2, 0.25) is 0 Å². The molecule has 1 N–H and O–H groups in total. The van der Waals surface area contributed by atoms with E-state index in [1.165, 1.54) is 19.4 Å². The van der Waals surface area contributed by atoms with E-state index in [1.807, 2.05) is 0 Å². The molecule has 10 heavy (non-hydrogen) atoms. The third-order valence-corrected chi connectivity index (χ3v) is 2.37. The lowest BCUT2D eigenvalue weighted by Crippen LogP contribution is -2.36. The smallest absolute Gasteiger partial charge is 0.0583 e. The normalized spacial score (nSPS) is 30.0. The van der Waals surface area contributed by atoms with Gasteiger partial charge in [0.25, 0.3) is 0 Å². The molecule has 1 rings (SSSR count). The molecule has 2 heteroatoms. The monoisotopic (exact) mass is 143 g/mol. The molecule has 1 heterocycles. The fraction of sp³-hybridized carbons (Fsp3) is 1.00. The molecule has 0 unspecified atom stereocenters. The molecule has 1 aliphatic rings. The van der Waals surface area contributed by atoms with Gasteiger partial charge < -0.3 is 10.1 Å². The zero-order chi connectivity index (χ0) is 7.40. The van der Waals surface area contributed by atoms with E-state index in [0.717, 1.165) is 12.5 Å². The van der Waals surface area contributed by atoms with Crippen molar-refractivity contribution >= 4 is 0 Å². The first-order valence-electron chi connectivity index (χ1n) is 4.08. The Balaban J connectivity index is 2.24. The summed E-state index contributed by atoms with van der Waals surface area (Å²) in [6, 6.07) is 0. The van der Waals surface area contributed by atoms with Gasteiger partial charge >= 0.3 is 0 Å². The third-order valence-electron chi connectivity index (χ3n) is 2.37. The molecule has 1 aliphatic heterocycles. The highest BCUT2D eigenvalue weighted by Gasteiger charge is 2.18. The Hall–Kier alpha value is -0.0800. The molecule has 60 valence electrons. The molecule has 0 spiro atoms. The molecular formula is C8H17NO. The number of rotatable bonds is 2.